The van der Waals surface area contributed by atoms with Gasteiger partial charge in [0, 0.05) is 44.0 Å². The summed E-state index contributed by atoms with van der Waals surface area (Å²) in [6, 6.07) is 74.6. The van der Waals surface area contributed by atoms with E-state index in [4.69, 9.17) is 0 Å². The first kappa shape index (κ1) is 33.2. The van der Waals surface area contributed by atoms with Crippen LogP contribution in [0.15, 0.2) is 217 Å². The van der Waals surface area contributed by atoms with Crippen molar-refractivity contribution in [2.45, 2.75) is 0 Å². The molecular formula is C55H35N3O. The van der Waals surface area contributed by atoms with E-state index in [1.54, 1.807) is 0 Å². The standard InChI is InChI=1S/C55H35N3O/c59-55-49-35-52-48(44-27-11-12-28-50(44)56(52)41-24-14-20-38(32-41)36-16-4-1-5-17-36)34-47(49)46-31-30-45-43-26-10-13-29-51(43)57(53(45)54(46)58(55)40-22-8-3-9-23-40)42-25-15-21-39(33-42)37-18-6-2-7-19-37/h1-35H. The molecule has 0 aliphatic rings. The maximum Gasteiger partial charge on any atom is 0.263 e. The van der Waals surface area contributed by atoms with Crippen molar-refractivity contribution in [3.05, 3.63) is 223 Å². The third-order valence-corrected chi connectivity index (χ3v) is 12.0. The minimum Gasteiger partial charge on any atom is -0.309 e. The maximum atomic E-state index is 15.6. The molecule has 3 heterocycles. The quantitative estimate of drug-likeness (QED) is 0.161. The predicted molar refractivity (Wildman–Crippen MR) is 247 cm³/mol. The fourth-order valence-corrected chi connectivity index (χ4v) is 9.40. The highest BCUT2D eigenvalue weighted by atomic mass is 16.1. The second kappa shape index (κ2) is 13.1. The van der Waals surface area contributed by atoms with Crippen molar-refractivity contribution in [3.8, 4) is 39.3 Å². The Kier molecular flexibility index (Phi) is 7.35. The van der Waals surface area contributed by atoms with Crippen molar-refractivity contribution in [2.75, 3.05) is 0 Å². The van der Waals surface area contributed by atoms with Crippen LogP contribution in [-0.2, 0) is 0 Å². The summed E-state index contributed by atoms with van der Waals surface area (Å²) in [6.45, 7) is 0. The summed E-state index contributed by atoms with van der Waals surface area (Å²) >= 11 is 0. The molecule has 0 saturated carbocycles. The Hall–Kier alpha value is -7.95. The van der Waals surface area contributed by atoms with Gasteiger partial charge in [0.2, 0.25) is 0 Å². The zero-order valence-electron chi connectivity index (χ0n) is 32.0. The molecule has 0 radical (unpaired) electrons. The van der Waals surface area contributed by atoms with Gasteiger partial charge in [-0.1, -0.05) is 152 Å². The van der Waals surface area contributed by atoms with E-state index in [9.17, 15) is 0 Å². The van der Waals surface area contributed by atoms with Gasteiger partial charge in [0.1, 0.15) is 0 Å². The van der Waals surface area contributed by atoms with Gasteiger partial charge >= 0.3 is 0 Å². The fraction of sp³-hybridized carbons (Fsp3) is 0. The smallest absolute Gasteiger partial charge is 0.263 e. The van der Waals surface area contributed by atoms with E-state index in [-0.39, 0.29) is 5.56 Å². The zero-order valence-corrected chi connectivity index (χ0v) is 32.0. The first-order valence-corrected chi connectivity index (χ1v) is 20.1. The number of pyridine rings is 1. The number of rotatable bonds is 5. The second-order valence-electron chi connectivity index (χ2n) is 15.3. The summed E-state index contributed by atoms with van der Waals surface area (Å²) in [6.07, 6.45) is 0. The normalized spacial score (nSPS) is 11.8. The Labute approximate surface area is 339 Å². The molecule has 12 rings (SSSR count). The molecule has 276 valence electrons. The molecule has 0 bridgehead atoms. The number of nitrogens with zero attached hydrogens (tertiary/aromatic N) is 3. The lowest BCUT2D eigenvalue weighted by molar-refractivity contribution is 1.06. The molecule has 0 saturated heterocycles. The molecule has 4 nitrogen and oxygen atoms in total. The molecule has 0 aliphatic carbocycles. The van der Waals surface area contributed by atoms with Gasteiger partial charge in [0.15, 0.2) is 0 Å². The van der Waals surface area contributed by atoms with Gasteiger partial charge in [-0.25, -0.2) is 0 Å². The lowest BCUT2D eigenvalue weighted by atomic mass is 10.0. The molecule has 0 spiro atoms. The van der Waals surface area contributed by atoms with E-state index in [0.29, 0.717) is 5.39 Å². The van der Waals surface area contributed by atoms with Crippen molar-refractivity contribution in [1.29, 1.82) is 0 Å². The van der Waals surface area contributed by atoms with Gasteiger partial charge < -0.3 is 9.13 Å². The summed E-state index contributed by atoms with van der Waals surface area (Å²) in [4.78, 5) is 15.6. The zero-order chi connectivity index (χ0) is 39.0. The largest absolute Gasteiger partial charge is 0.309 e. The number of hydrogen-bond acceptors (Lipinski definition) is 1. The van der Waals surface area contributed by atoms with E-state index in [0.717, 1.165) is 99.2 Å². The van der Waals surface area contributed by atoms with E-state index >= 15 is 4.79 Å². The summed E-state index contributed by atoms with van der Waals surface area (Å²) in [5, 5.41) is 7.10. The Balaban J connectivity index is 1.22. The van der Waals surface area contributed by atoms with Crippen LogP contribution >= 0.6 is 0 Å². The average molecular weight is 754 g/mol. The molecule has 0 aliphatic heterocycles. The van der Waals surface area contributed by atoms with Gasteiger partial charge in [0.05, 0.1) is 33.0 Å². The maximum absolute atomic E-state index is 15.6. The monoisotopic (exact) mass is 753 g/mol. The number of benzene rings is 9. The van der Waals surface area contributed by atoms with Crippen LogP contribution in [0.3, 0.4) is 0 Å². The minimum atomic E-state index is -0.0576. The number of hydrogen-bond donors (Lipinski definition) is 0. The van der Waals surface area contributed by atoms with Gasteiger partial charge in [-0.2, -0.15) is 0 Å². The Morgan fingerprint density at radius 3 is 1.34 bits per heavy atom. The Bertz CT molecular complexity index is 3670. The lowest BCUT2D eigenvalue weighted by Gasteiger charge is -2.18. The van der Waals surface area contributed by atoms with Gasteiger partial charge in [-0.15, -0.1) is 0 Å². The average Bonchev–Trinajstić information content (AvgIpc) is 3.82. The van der Waals surface area contributed by atoms with E-state index in [1.165, 1.54) is 0 Å². The van der Waals surface area contributed by atoms with Crippen molar-refractivity contribution in [2.24, 2.45) is 0 Å². The van der Waals surface area contributed by atoms with Crippen LogP contribution in [0, 0.1) is 0 Å². The molecule has 0 unspecified atom stereocenters. The van der Waals surface area contributed by atoms with Crippen LogP contribution in [-0.4, -0.2) is 13.7 Å². The third-order valence-electron chi connectivity index (χ3n) is 12.0. The summed E-state index contributed by atoms with van der Waals surface area (Å²) in [5.74, 6) is 0. The van der Waals surface area contributed by atoms with Crippen LogP contribution in [0.25, 0.3) is 105 Å². The topological polar surface area (TPSA) is 31.9 Å². The van der Waals surface area contributed by atoms with Crippen molar-refractivity contribution >= 4 is 65.3 Å². The molecular weight excluding hydrogens is 719 g/mol. The Morgan fingerprint density at radius 2 is 0.712 bits per heavy atom. The van der Waals surface area contributed by atoms with Gasteiger partial charge in [-0.3, -0.25) is 9.36 Å². The van der Waals surface area contributed by atoms with Gasteiger partial charge in [0.25, 0.3) is 5.56 Å². The molecule has 9 aromatic carbocycles. The van der Waals surface area contributed by atoms with Crippen LogP contribution in [0.4, 0.5) is 0 Å². The van der Waals surface area contributed by atoms with Crippen LogP contribution in [0.1, 0.15) is 0 Å². The molecule has 3 aromatic heterocycles. The first-order chi connectivity index (χ1) is 29.2. The fourth-order valence-electron chi connectivity index (χ4n) is 9.40. The van der Waals surface area contributed by atoms with Crippen molar-refractivity contribution < 1.29 is 0 Å². The molecule has 0 amide bonds. The molecule has 0 atom stereocenters. The number of fused-ring (bicyclic) bond motifs is 10. The highest BCUT2D eigenvalue weighted by Crippen LogP contribution is 2.42. The SMILES string of the molecule is O=c1c2cc3c(cc2c2ccc4c5ccccc5n(-c5cccc(-c6ccccc6)c5)c4c2n1-c1ccccc1)c1ccccc1n3-c1cccc(-c2ccccc2)c1. The lowest BCUT2D eigenvalue weighted by Crippen LogP contribution is -2.20. The summed E-state index contributed by atoms with van der Waals surface area (Å²) in [5.41, 5.74) is 12.5. The number of para-hydroxylation sites is 3. The van der Waals surface area contributed by atoms with Crippen molar-refractivity contribution in [3.63, 3.8) is 0 Å². The summed E-state index contributed by atoms with van der Waals surface area (Å²) < 4.78 is 6.62. The van der Waals surface area contributed by atoms with Crippen LogP contribution in [0.2, 0.25) is 0 Å². The molecule has 4 heteroatoms. The van der Waals surface area contributed by atoms with Crippen LogP contribution in [0.5, 0.6) is 0 Å². The Morgan fingerprint density at radius 1 is 0.254 bits per heavy atom. The highest BCUT2D eigenvalue weighted by molar-refractivity contribution is 6.24. The van der Waals surface area contributed by atoms with Gasteiger partial charge in [-0.05, 0) is 88.3 Å². The highest BCUT2D eigenvalue weighted by Gasteiger charge is 2.23. The van der Waals surface area contributed by atoms with E-state index < -0.39 is 0 Å². The predicted octanol–water partition coefficient (Wildman–Crippen LogP) is 13.7. The molecule has 12 aromatic rings. The van der Waals surface area contributed by atoms with Crippen LogP contribution < -0.4 is 5.56 Å². The van der Waals surface area contributed by atoms with Crippen molar-refractivity contribution in [1.82, 2.24) is 13.7 Å². The molecule has 0 N–H and O–H groups in total. The summed E-state index contributed by atoms with van der Waals surface area (Å²) in [7, 11) is 0. The first-order valence-electron chi connectivity index (χ1n) is 20.1. The van der Waals surface area contributed by atoms with E-state index in [2.05, 4.69) is 185 Å². The molecule has 59 heavy (non-hydrogen) atoms. The van der Waals surface area contributed by atoms with E-state index in [1.807, 2.05) is 41.0 Å². The number of aromatic nitrogens is 3. The molecule has 0 fully saturated rings. The minimum absolute atomic E-state index is 0.0576. The third kappa shape index (κ3) is 5.06. The second-order valence-corrected chi connectivity index (χ2v) is 15.3.